The number of nitrogens with two attached hydrogens (primary N) is 1. The Morgan fingerprint density at radius 1 is 1.22 bits per heavy atom. The minimum absolute atomic E-state index is 0.0313. The van der Waals surface area contributed by atoms with Crippen molar-refractivity contribution in [2.45, 2.75) is 70.9 Å². The van der Waals surface area contributed by atoms with Crippen molar-refractivity contribution in [1.82, 2.24) is 14.3 Å². The number of rotatable bonds is 3. The molecule has 4 nitrogen and oxygen atoms in total. The molecule has 0 saturated heterocycles. The average molecular weight is 314 g/mol. The lowest BCUT2D eigenvalue weighted by Gasteiger charge is -2.32. The van der Waals surface area contributed by atoms with E-state index in [1.54, 1.807) is 0 Å². The predicted octanol–water partition coefficient (Wildman–Crippen LogP) is 3.98. The van der Waals surface area contributed by atoms with Crippen LogP contribution in [-0.4, -0.2) is 27.4 Å². The van der Waals surface area contributed by atoms with Gasteiger partial charge < -0.3 is 10.1 Å². The normalized spacial score (nSPS) is 17.3. The standard InChI is InChI=1S/C19H30N4/c1-19(2,3)18-16(13-22(4)15-8-6-5-7-9-15)23-12-14(20)10-11-17(23)21-18/h10-12,15H,5-9,13,20H2,1-4H3. The monoisotopic (exact) mass is 314 g/mol. The smallest absolute Gasteiger partial charge is 0.137 e. The van der Waals surface area contributed by atoms with Gasteiger partial charge in [-0.25, -0.2) is 4.98 Å². The minimum Gasteiger partial charge on any atom is -0.398 e. The summed E-state index contributed by atoms with van der Waals surface area (Å²) in [5.74, 6) is 0. The molecule has 2 aromatic heterocycles. The third-order valence-electron chi connectivity index (χ3n) is 5.05. The second kappa shape index (κ2) is 6.16. The van der Waals surface area contributed by atoms with Crippen LogP contribution in [0.5, 0.6) is 0 Å². The number of anilines is 1. The van der Waals surface area contributed by atoms with E-state index in [4.69, 9.17) is 10.7 Å². The summed E-state index contributed by atoms with van der Waals surface area (Å²) in [5.41, 5.74) is 10.3. The molecule has 2 heterocycles. The quantitative estimate of drug-likeness (QED) is 0.932. The summed E-state index contributed by atoms with van der Waals surface area (Å²) in [6.45, 7) is 7.65. The van der Waals surface area contributed by atoms with Crippen LogP contribution in [0.25, 0.3) is 5.65 Å². The lowest BCUT2D eigenvalue weighted by molar-refractivity contribution is 0.181. The number of hydrogen-bond donors (Lipinski definition) is 1. The number of fused-ring (bicyclic) bond motifs is 1. The lowest BCUT2D eigenvalue weighted by atomic mass is 9.90. The molecule has 0 radical (unpaired) electrons. The van der Waals surface area contributed by atoms with Gasteiger partial charge in [-0.15, -0.1) is 0 Å². The Morgan fingerprint density at radius 3 is 2.57 bits per heavy atom. The summed E-state index contributed by atoms with van der Waals surface area (Å²) in [6.07, 6.45) is 8.77. The number of hydrogen-bond acceptors (Lipinski definition) is 3. The van der Waals surface area contributed by atoms with Gasteiger partial charge in [0.1, 0.15) is 5.65 Å². The molecule has 23 heavy (non-hydrogen) atoms. The SMILES string of the molecule is CN(Cc1c(C(C)(C)C)nc2ccc(N)cn12)C1CCCCC1. The Balaban J connectivity index is 1.98. The van der Waals surface area contributed by atoms with Gasteiger partial charge in [-0.3, -0.25) is 4.90 Å². The van der Waals surface area contributed by atoms with Gasteiger partial charge in [-0.05, 0) is 32.0 Å². The Labute approximate surface area is 139 Å². The molecule has 0 aromatic carbocycles. The summed E-state index contributed by atoms with van der Waals surface area (Å²) in [5, 5.41) is 0. The summed E-state index contributed by atoms with van der Waals surface area (Å²) < 4.78 is 2.19. The fourth-order valence-corrected chi connectivity index (χ4v) is 3.75. The van der Waals surface area contributed by atoms with E-state index < -0.39 is 0 Å². The van der Waals surface area contributed by atoms with Crippen LogP contribution >= 0.6 is 0 Å². The van der Waals surface area contributed by atoms with Crippen LogP contribution < -0.4 is 5.73 Å². The van der Waals surface area contributed by atoms with Crippen LogP contribution in [0.2, 0.25) is 0 Å². The van der Waals surface area contributed by atoms with Gasteiger partial charge in [-0.2, -0.15) is 0 Å². The fourth-order valence-electron chi connectivity index (χ4n) is 3.75. The topological polar surface area (TPSA) is 46.6 Å². The second-order valence-corrected chi connectivity index (χ2v) is 8.05. The van der Waals surface area contributed by atoms with Crippen molar-refractivity contribution in [1.29, 1.82) is 0 Å². The third kappa shape index (κ3) is 3.37. The lowest BCUT2D eigenvalue weighted by Crippen LogP contribution is -2.34. The van der Waals surface area contributed by atoms with Crippen molar-refractivity contribution < 1.29 is 0 Å². The molecule has 1 aliphatic carbocycles. The molecule has 4 heteroatoms. The highest BCUT2D eigenvalue weighted by molar-refractivity contribution is 5.51. The van der Waals surface area contributed by atoms with Gasteiger partial charge in [0.25, 0.3) is 0 Å². The highest BCUT2D eigenvalue weighted by Gasteiger charge is 2.26. The molecule has 1 fully saturated rings. The molecule has 0 bridgehead atoms. The zero-order valence-electron chi connectivity index (χ0n) is 15.0. The Hall–Kier alpha value is -1.55. The van der Waals surface area contributed by atoms with Gasteiger partial charge >= 0.3 is 0 Å². The molecular weight excluding hydrogens is 284 g/mol. The van der Waals surface area contributed by atoms with Crippen LogP contribution in [-0.2, 0) is 12.0 Å². The van der Waals surface area contributed by atoms with E-state index in [9.17, 15) is 0 Å². The number of pyridine rings is 1. The van der Waals surface area contributed by atoms with E-state index in [1.807, 2.05) is 18.3 Å². The maximum atomic E-state index is 6.02. The number of nitrogens with zero attached hydrogens (tertiary/aromatic N) is 3. The number of nitrogen functional groups attached to an aromatic ring is 1. The zero-order valence-corrected chi connectivity index (χ0v) is 15.0. The fraction of sp³-hybridized carbons (Fsp3) is 0.632. The first-order chi connectivity index (χ1) is 10.9. The van der Waals surface area contributed by atoms with E-state index in [1.165, 1.54) is 43.5 Å². The first kappa shape index (κ1) is 16.3. The van der Waals surface area contributed by atoms with Crippen LogP contribution in [0, 0.1) is 0 Å². The van der Waals surface area contributed by atoms with Crippen molar-refractivity contribution >= 4 is 11.3 Å². The highest BCUT2D eigenvalue weighted by Crippen LogP contribution is 2.29. The summed E-state index contributed by atoms with van der Waals surface area (Å²) >= 11 is 0. The van der Waals surface area contributed by atoms with Gasteiger partial charge in [0.05, 0.1) is 11.4 Å². The van der Waals surface area contributed by atoms with Gasteiger partial charge in [-0.1, -0.05) is 40.0 Å². The second-order valence-electron chi connectivity index (χ2n) is 8.05. The maximum absolute atomic E-state index is 6.02. The van der Waals surface area contributed by atoms with Crippen LogP contribution in [0.4, 0.5) is 5.69 Å². The van der Waals surface area contributed by atoms with Crippen molar-refractivity contribution in [3.05, 3.63) is 29.7 Å². The molecule has 3 rings (SSSR count). The largest absolute Gasteiger partial charge is 0.398 e. The minimum atomic E-state index is 0.0313. The first-order valence-electron chi connectivity index (χ1n) is 8.83. The molecule has 2 aromatic rings. The molecule has 1 aliphatic rings. The van der Waals surface area contributed by atoms with Crippen molar-refractivity contribution in [3.63, 3.8) is 0 Å². The molecule has 2 N–H and O–H groups in total. The summed E-state index contributed by atoms with van der Waals surface area (Å²) in [4.78, 5) is 7.42. The van der Waals surface area contributed by atoms with E-state index in [-0.39, 0.29) is 5.41 Å². The molecule has 126 valence electrons. The van der Waals surface area contributed by atoms with Crippen LogP contribution in [0.3, 0.4) is 0 Å². The number of imidazole rings is 1. The molecule has 1 saturated carbocycles. The highest BCUT2D eigenvalue weighted by atomic mass is 15.2. The predicted molar refractivity (Wildman–Crippen MR) is 96.6 cm³/mol. The Kier molecular flexibility index (Phi) is 4.37. The van der Waals surface area contributed by atoms with Crippen molar-refractivity contribution in [3.8, 4) is 0 Å². The van der Waals surface area contributed by atoms with E-state index in [0.717, 1.165) is 17.9 Å². The van der Waals surface area contributed by atoms with Gasteiger partial charge in [0.15, 0.2) is 0 Å². The van der Waals surface area contributed by atoms with E-state index in [2.05, 4.69) is 37.1 Å². The van der Waals surface area contributed by atoms with Gasteiger partial charge in [0.2, 0.25) is 0 Å². The van der Waals surface area contributed by atoms with Crippen LogP contribution in [0.15, 0.2) is 18.3 Å². The van der Waals surface area contributed by atoms with Crippen molar-refractivity contribution in [2.24, 2.45) is 0 Å². The molecule has 0 unspecified atom stereocenters. The van der Waals surface area contributed by atoms with Crippen LogP contribution in [0.1, 0.15) is 64.3 Å². The Bertz CT molecular complexity index is 674. The molecule has 0 atom stereocenters. The zero-order chi connectivity index (χ0) is 16.6. The summed E-state index contributed by atoms with van der Waals surface area (Å²) in [7, 11) is 2.26. The average Bonchev–Trinajstić information content (AvgIpc) is 2.86. The number of aromatic nitrogens is 2. The van der Waals surface area contributed by atoms with Crippen molar-refractivity contribution in [2.75, 3.05) is 12.8 Å². The molecule has 0 spiro atoms. The van der Waals surface area contributed by atoms with E-state index in [0.29, 0.717) is 6.04 Å². The maximum Gasteiger partial charge on any atom is 0.137 e. The van der Waals surface area contributed by atoms with Gasteiger partial charge in [0, 0.05) is 29.9 Å². The molecule has 0 amide bonds. The third-order valence-corrected chi connectivity index (χ3v) is 5.05. The molecular formula is C19H30N4. The van der Waals surface area contributed by atoms with E-state index >= 15 is 0 Å². The first-order valence-corrected chi connectivity index (χ1v) is 8.83. The molecule has 0 aliphatic heterocycles. The Morgan fingerprint density at radius 2 is 1.91 bits per heavy atom. The summed E-state index contributed by atoms with van der Waals surface area (Å²) in [6, 6.07) is 4.65.